The lowest BCUT2D eigenvalue weighted by molar-refractivity contribution is -0.125. The number of hydrogen-bond donors (Lipinski definition) is 2. The van der Waals surface area contributed by atoms with E-state index < -0.39 is 6.04 Å². The van der Waals surface area contributed by atoms with Gasteiger partial charge >= 0.3 is 0 Å². The molecule has 1 aromatic carbocycles. The van der Waals surface area contributed by atoms with Crippen molar-refractivity contribution in [2.24, 2.45) is 4.99 Å². The molecule has 2 aliphatic heterocycles. The lowest BCUT2D eigenvalue weighted by Gasteiger charge is -2.38. The lowest BCUT2D eigenvalue weighted by atomic mass is 10.1. The van der Waals surface area contributed by atoms with Gasteiger partial charge in [-0.25, -0.2) is 9.98 Å². The maximum Gasteiger partial charge on any atom is 0.249 e. The van der Waals surface area contributed by atoms with Crippen molar-refractivity contribution in [1.29, 1.82) is 0 Å². The number of carbonyl (C=O) groups is 2. The molecule has 1 saturated heterocycles. The molecule has 1 aromatic heterocycles. The quantitative estimate of drug-likeness (QED) is 0.824. The molecule has 8 heteroatoms. The van der Waals surface area contributed by atoms with Crippen LogP contribution in [0.2, 0.25) is 0 Å². The summed E-state index contributed by atoms with van der Waals surface area (Å²) in [6, 6.07) is 12.7. The van der Waals surface area contributed by atoms with Gasteiger partial charge < -0.3 is 15.1 Å². The topological polar surface area (TPSA) is 89.9 Å². The maximum absolute atomic E-state index is 12.7. The summed E-state index contributed by atoms with van der Waals surface area (Å²) in [4.78, 5) is 38.0. The van der Waals surface area contributed by atoms with Crippen molar-refractivity contribution in [2.45, 2.75) is 19.4 Å². The molecule has 29 heavy (non-hydrogen) atoms. The summed E-state index contributed by atoms with van der Waals surface area (Å²) in [5.41, 5.74) is 1.76. The number of rotatable bonds is 3. The van der Waals surface area contributed by atoms with Crippen molar-refractivity contribution in [2.75, 3.05) is 36.4 Å². The number of nitrogens with one attached hydrogen (secondary N) is 2. The molecule has 3 heterocycles. The predicted molar refractivity (Wildman–Crippen MR) is 112 cm³/mol. The molecule has 150 valence electrons. The zero-order chi connectivity index (χ0) is 20.2. The first kappa shape index (κ1) is 18.9. The van der Waals surface area contributed by atoms with Crippen LogP contribution < -0.4 is 15.5 Å². The van der Waals surface area contributed by atoms with Gasteiger partial charge in [0.25, 0.3) is 0 Å². The van der Waals surface area contributed by atoms with Crippen molar-refractivity contribution in [3.05, 3.63) is 54.2 Å². The summed E-state index contributed by atoms with van der Waals surface area (Å²) in [6.07, 6.45) is 1.83. The fourth-order valence-electron chi connectivity index (χ4n) is 3.53. The first-order valence-corrected chi connectivity index (χ1v) is 9.74. The Bertz CT molecular complexity index is 922. The normalized spacial score (nSPS) is 19.4. The van der Waals surface area contributed by atoms with Gasteiger partial charge in [0.1, 0.15) is 11.9 Å². The van der Waals surface area contributed by atoms with Crippen molar-refractivity contribution >= 4 is 29.3 Å². The first-order chi connectivity index (χ1) is 14.1. The molecule has 0 unspecified atom stereocenters. The number of carbonyl (C=O) groups excluding carboxylic acids is 2. The van der Waals surface area contributed by atoms with Crippen molar-refractivity contribution in [3.8, 4) is 0 Å². The van der Waals surface area contributed by atoms with Crippen LogP contribution in [0.15, 0.2) is 53.7 Å². The highest BCUT2D eigenvalue weighted by Gasteiger charge is 2.30. The molecule has 0 spiro atoms. The number of aryl methyl sites for hydroxylation is 1. The number of aliphatic imine (C=N–C) groups is 1. The summed E-state index contributed by atoms with van der Waals surface area (Å²) < 4.78 is 0. The second-order valence-electron chi connectivity index (χ2n) is 7.24. The molecule has 2 aromatic rings. The van der Waals surface area contributed by atoms with E-state index in [2.05, 4.69) is 25.5 Å². The van der Waals surface area contributed by atoms with Gasteiger partial charge in [-0.3, -0.25) is 14.9 Å². The van der Waals surface area contributed by atoms with Gasteiger partial charge in [0.05, 0.1) is 6.42 Å². The number of aromatic nitrogens is 1. The molecular formula is C21H24N6O2. The van der Waals surface area contributed by atoms with Gasteiger partial charge in [-0.1, -0.05) is 18.2 Å². The number of pyridine rings is 1. The molecule has 1 atom stereocenters. The zero-order valence-electron chi connectivity index (χ0n) is 16.3. The molecule has 2 N–H and O–H groups in total. The summed E-state index contributed by atoms with van der Waals surface area (Å²) in [7, 11) is 0. The van der Waals surface area contributed by atoms with Crippen LogP contribution in [0.4, 0.5) is 11.5 Å². The van der Waals surface area contributed by atoms with E-state index in [-0.39, 0.29) is 18.2 Å². The van der Waals surface area contributed by atoms with Gasteiger partial charge in [0, 0.05) is 38.1 Å². The Morgan fingerprint density at radius 1 is 1.10 bits per heavy atom. The van der Waals surface area contributed by atoms with Crippen LogP contribution in [0.25, 0.3) is 0 Å². The van der Waals surface area contributed by atoms with E-state index in [1.807, 2.05) is 54.3 Å². The van der Waals surface area contributed by atoms with Crippen molar-refractivity contribution in [3.63, 3.8) is 0 Å². The first-order valence-electron chi connectivity index (χ1n) is 9.74. The Balaban J connectivity index is 1.41. The number of anilines is 2. The number of nitrogens with zero attached hydrogens (tertiary/aromatic N) is 4. The summed E-state index contributed by atoms with van der Waals surface area (Å²) in [6.45, 7) is 4.90. The lowest BCUT2D eigenvalue weighted by Crippen LogP contribution is -2.56. The number of benzene rings is 1. The number of hydrogen-bond acceptors (Lipinski definition) is 6. The van der Waals surface area contributed by atoms with Crippen molar-refractivity contribution in [1.82, 2.24) is 15.2 Å². The van der Waals surface area contributed by atoms with E-state index in [4.69, 9.17) is 0 Å². The van der Waals surface area contributed by atoms with E-state index in [1.165, 1.54) is 0 Å². The van der Waals surface area contributed by atoms with Gasteiger partial charge in [0.2, 0.25) is 17.8 Å². The molecule has 8 nitrogen and oxygen atoms in total. The van der Waals surface area contributed by atoms with Crippen LogP contribution in [0, 0.1) is 6.92 Å². The van der Waals surface area contributed by atoms with Crippen LogP contribution in [0.5, 0.6) is 0 Å². The molecule has 4 rings (SSSR count). The number of piperazine rings is 1. The van der Waals surface area contributed by atoms with Crippen molar-refractivity contribution < 1.29 is 9.59 Å². The van der Waals surface area contributed by atoms with Crippen LogP contribution >= 0.6 is 0 Å². The van der Waals surface area contributed by atoms with Crippen LogP contribution in [0.3, 0.4) is 0 Å². The molecular weight excluding hydrogens is 368 g/mol. The second-order valence-corrected chi connectivity index (χ2v) is 7.24. The number of amides is 2. The zero-order valence-corrected chi connectivity index (χ0v) is 16.3. The molecule has 0 aliphatic carbocycles. The van der Waals surface area contributed by atoms with Gasteiger partial charge in [-0.2, -0.15) is 0 Å². The molecule has 0 radical (unpaired) electrons. The Morgan fingerprint density at radius 2 is 1.90 bits per heavy atom. The molecule has 1 fully saturated rings. The van der Waals surface area contributed by atoms with Crippen LogP contribution in [0.1, 0.15) is 12.0 Å². The third kappa shape index (κ3) is 4.53. The highest BCUT2D eigenvalue weighted by molar-refractivity contribution is 6.06. The summed E-state index contributed by atoms with van der Waals surface area (Å²) in [5, 5.41) is 5.69. The standard InChI is InChI=1S/C21H24N6O2/c1-15-5-4-6-16(13-15)23-20(29)17-14-19(28)25-21(24-17)27-11-9-26(10-12-27)18-7-2-3-8-22-18/h2-8,13,17H,9-12,14H2,1H3,(H,23,29)(H,24,25,28)/t17-/m1/s1. The van der Waals surface area contributed by atoms with E-state index in [1.54, 1.807) is 6.20 Å². The van der Waals surface area contributed by atoms with E-state index in [0.29, 0.717) is 24.7 Å². The van der Waals surface area contributed by atoms with Gasteiger partial charge in [-0.15, -0.1) is 0 Å². The molecule has 2 amide bonds. The van der Waals surface area contributed by atoms with Gasteiger partial charge in [-0.05, 0) is 36.8 Å². The monoisotopic (exact) mass is 392 g/mol. The Kier molecular flexibility index (Phi) is 5.41. The van der Waals surface area contributed by atoms with Crippen LogP contribution in [-0.2, 0) is 9.59 Å². The average molecular weight is 392 g/mol. The fraction of sp³-hybridized carbons (Fsp3) is 0.333. The SMILES string of the molecule is Cc1cccc(NC(=O)[C@H]2CC(=O)NC(N3CCN(c4ccccn4)CC3)=N2)c1. The predicted octanol–water partition coefficient (Wildman–Crippen LogP) is 1.40. The Hall–Kier alpha value is -3.42. The maximum atomic E-state index is 12.7. The molecule has 0 saturated carbocycles. The smallest absolute Gasteiger partial charge is 0.249 e. The number of guanidine groups is 1. The summed E-state index contributed by atoms with van der Waals surface area (Å²) >= 11 is 0. The Morgan fingerprint density at radius 3 is 2.62 bits per heavy atom. The minimum Gasteiger partial charge on any atom is -0.353 e. The Labute approximate surface area is 169 Å². The molecule has 0 bridgehead atoms. The summed E-state index contributed by atoms with van der Waals surface area (Å²) in [5.74, 6) is 0.963. The largest absolute Gasteiger partial charge is 0.353 e. The third-order valence-corrected chi connectivity index (χ3v) is 5.05. The van der Waals surface area contributed by atoms with Gasteiger partial charge in [0.15, 0.2) is 0 Å². The van der Waals surface area contributed by atoms with E-state index >= 15 is 0 Å². The highest BCUT2D eigenvalue weighted by Crippen LogP contribution is 2.16. The minimum absolute atomic E-state index is 0.0506. The van der Waals surface area contributed by atoms with E-state index in [0.717, 1.165) is 24.5 Å². The van der Waals surface area contributed by atoms with E-state index in [9.17, 15) is 9.59 Å². The average Bonchev–Trinajstić information content (AvgIpc) is 2.74. The van der Waals surface area contributed by atoms with Crippen LogP contribution in [-0.4, -0.2) is 59.9 Å². The molecule has 2 aliphatic rings. The fourth-order valence-corrected chi connectivity index (χ4v) is 3.53. The minimum atomic E-state index is -0.729. The second kappa shape index (κ2) is 8.30. The highest BCUT2D eigenvalue weighted by atomic mass is 16.2. The third-order valence-electron chi connectivity index (χ3n) is 5.05.